The minimum Gasteiger partial charge on any atom is -0.382 e. The molecule has 0 saturated carbocycles. The van der Waals surface area contributed by atoms with Gasteiger partial charge in [-0.25, -0.2) is 0 Å². The third kappa shape index (κ3) is 8.67. The number of ether oxygens (including phenoxy) is 1. The van der Waals surface area contributed by atoms with Crippen LogP contribution in [0.4, 0.5) is 0 Å². The molecule has 0 atom stereocenters. The smallest absolute Gasteiger partial charge is 0.191 e. The summed E-state index contributed by atoms with van der Waals surface area (Å²) in [4.78, 5) is 4.61. The summed E-state index contributed by atoms with van der Waals surface area (Å²) in [5.41, 5.74) is 1.27. The van der Waals surface area contributed by atoms with Crippen LogP contribution in [0.25, 0.3) is 0 Å². The lowest BCUT2D eigenvalue weighted by molar-refractivity contribution is 0.143. The highest BCUT2D eigenvalue weighted by atomic mass is 16.5. The third-order valence-electron chi connectivity index (χ3n) is 3.21. The predicted octanol–water partition coefficient (Wildman–Crippen LogP) is 1.72. The number of aryl methyl sites for hydroxylation is 2. The monoisotopic (exact) mass is 309 g/mol. The first-order valence-electron chi connectivity index (χ1n) is 8.33. The van der Waals surface area contributed by atoms with Gasteiger partial charge in [0.15, 0.2) is 5.96 Å². The minimum atomic E-state index is 0.800. The first-order chi connectivity index (χ1) is 10.8. The Morgan fingerprint density at radius 1 is 1.27 bits per heavy atom. The highest BCUT2D eigenvalue weighted by Gasteiger charge is 1.98. The standard InChI is InChI=1S/C16H31N5O/c1-4-17-16(18-10-6-7-12-22-5-2)19-11-8-9-15-13-20-21(3)14-15/h13-14H,4-12H2,1-3H3,(H2,17,18,19). The van der Waals surface area contributed by atoms with Crippen LogP contribution in [0.5, 0.6) is 0 Å². The van der Waals surface area contributed by atoms with E-state index in [0.29, 0.717) is 0 Å². The van der Waals surface area contributed by atoms with E-state index < -0.39 is 0 Å². The van der Waals surface area contributed by atoms with Crippen molar-refractivity contribution >= 4 is 5.96 Å². The molecule has 0 aliphatic rings. The number of hydrogen-bond donors (Lipinski definition) is 2. The summed E-state index contributed by atoms with van der Waals surface area (Å²) < 4.78 is 7.17. The van der Waals surface area contributed by atoms with Crippen molar-refractivity contribution in [3.8, 4) is 0 Å². The molecule has 0 fully saturated rings. The Kier molecular flexibility index (Phi) is 10.1. The zero-order chi connectivity index (χ0) is 16.0. The molecule has 22 heavy (non-hydrogen) atoms. The number of aliphatic imine (C=N–C) groups is 1. The van der Waals surface area contributed by atoms with Crippen molar-refractivity contribution in [3.05, 3.63) is 18.0 Å². The maximum absolute atomic E-state index is 5.33. The van der Waals surface area contributed by atoms with Crippen LogP contribution >= 0.6 is 0 Å². The van der Waals surface area contributed by atoms with Gasteiger partial charge in [-0.2, -0.15) is 5.10 Å². The lowest BCUT2D eigenvalue weighted by atomic mass is 10.2. The Morgan fingerprint density at radius 2 is 2.14 bits per heavy atom. The highest BCUT2D eigenvalue weighted by molar-refractivity contribution is 5.79. The molecule has 126 valence electrons. The number of aromatic nitrogens is 2. The van der Waals surface area contributed by atoms with E-state index in [4.69, 9.17) is 4.74 Å². The van der Waals surface area contributed by atoms with Gasteiger partial charge in [0.25, 0.3) is 0 Å². The summed E-state index contributed by atoms with van der Waals surface area (Å²) in [7, 11) is 1.94. The zero-order valence-electron chi connectivity index (χ0n) is 14.3. The molecule has 2 N–H and O–H groups in total. The van der Waals surface area contributed by atoms with Crippen molar-refractivity contribution in [2.75, 3.05) is 32.8 Å². The Hall–Kier alpha value is -1.56. The number of unbranched alkanes of at least 4 members (excludes halogenated alkanes) is 1. The van der Waals surface area contributed by atoms with Gasteiger partial charge in [-0.15, -0.1) is 0 Å². The molecule has 1 heterocycles. The molecule has 1 aromatic rings. The Bertz CT molecular complexity index is 416. The van der Waals surface area contributed by atoms with Crippen molar-refractivity contribution in [2.45, 2.75) is 39.5 Å². The fourth-order valence-corrected chi connectivity index (χ4v) is 2.10. The molecular formula is C16H31N5O. The second-order valence-electron chi connectivity index (χ2n) is 5.22. The fraction of sp³-hybridized carbons (Fsp3) is 0.750. The van der Waals surface area contributed by atoms with Crippen LogP contribution in [0.1, 0.15) is 38.7 Å². The first kappa shape index (κ1) is 18.5. The van der Waals surface area contributed by atoms with Gasteiger partial charge in [0.1, 0.15) is 0 Å². The molecule has 1 aromatic heterocycles. The summed E-state index contributed by atoms with van der Waals surface area (Å²) in [6.45, 7) is 8.39. The van der Waals surface area contributed by atoms with E-state index in [1.807, 2.05) is 24.9 Å². The first-order valence-corrected chi connectivity index (χ1v) is 8.33. The van der Waals surface area contributed by atoms with Gasteiger partial charge in [-0.1, -0.05) is 0 Å². The average Bonchev–Trinajstić information content (AvgIpc) is 2.92. The molecule has 0 aliphatic carbocycles. The van der Waals surface area contributed by atoms with E-state index in [0.717, 1.165) is 64.5 Å². The van der Waals surface area contributed by atoms with Crippen LogP contribution < -0.4 is 10.6 Å². The Morgan fingerprint density at radius 3 is 2.82 bits per heavy atom. The van der Waals surface area contributed by atoms with Crippen molar-refractivity contribution in [1.29, 1.82) is 0 Å². The maximum atomic E-state index is 5.33. The van der Waals surface area contributed by atoms with Gasteiger partial charge in [0, 0.05) is 46.1 Å². The summed E-state index contributed by atoms with van der Waals surface area (Å²) in [6.07, 6.45) is 8.22. The van der Waals surface area contributed by atoms with Crippen LogP contribution in [0.3, 0.4) is 0 Å². The second kappa shape index (κ2) is 12.0. The SMILES string of the molecule is CCNC(=NCCCc1cnn(C)c1)NCCCCOCC. The molecule has 0 unspecified atom stereocenters. The Labute approximate surface area is 134 Å². The van der Waals surface area contributed by atoms with Gasteiger partial charge >= 0.3 is 0 Å². The van der Waals surface area contributed by atoms with Crippen molar-refractivity contribution in [3.63, 3.8) is 0 Å². The Balaban J connectivity index is 2.17. The summed E-state index contributed by atoms with van der Waals surface area (Å²) >= 11 is 0. The number of nitrogens with zero attached hydrogens (tertiary/aromatic N) is 3. The molecule has 0 saturated heterocycles. The summed E-state index contributed by atoms with van der Waals surface area (Å²) in [5, 5.41) is 10.8. The van der Waals surface area contributed by atoms with Crippen molar-refractivity contribution < 1.29 is 4.74 Å². The second-order valence-corrected chi connectivity index (χ2v) is 5.22. The third-order valence-corrected chi connectivity index (χ3v) is 3.21. The van der Waals surface area contributed by atoms with Crippen molar-refractivity contribution in [1.82, 2.24) is 20.4 Å². The molecule has 0 radical (unpaired) electrons. The normalized spacial score (nSPS) is 11.7. The molecule has 1 rings (SSSR count). The van der Waals surface area contributed by atoms with Crippen LogP contribution in [0, 0.1) is 0 Å². The van der Waals surface area contributed by atoms with E-state index in [1.165, 1.54) is 5.56 Å². The van der Waals surface area contributed by atoms with Gasteiger partial charge < -0.3 is 15.4 Å². The van der Waals surface area contributed by atoms with E-state index >= 15 is 0 Å². The average molecular weight is 309 g/mol. The van der Waals surface area contributed by atoms with Gasteiger partial charge in [0.2, 0.25) is 0 Å². The quantitative estimate of drug-likeness (QED) is 0.371. The predicted molar refractivity (Wildman–Crippen MR) is 91.2 cm³/mol. The molecular weight excluding hydrogens is 278 g/mol. The zero-order valence-corrected chi connectivity index (χ0v) is 14.3. The van der Waals surface area contributed by atoms with Gasteiger partial charge in [0.05, 0.1) is 6.20 Å². The molecule has 6 nitrogen and oxygen atoms in total. The lowest BCUT2D eigenvalue weighted by Gasteiger charge is -2.11. The molecule has 0 amide bonds. The minimum absolute atomic E-state index is 0.800. The van der Waals surface area contributed by atoms with Crippen LogP contribution in [-0.2, 0) is 18.2 Å². The van der Waals surface area contributed by atoms with Crippen LogP contribution in [-0.4, -0.2) is 48.6 Å². The van der Waals surface area contributed by atoms with Crippen LogP contribution in [0.15, 0.2) is 17.4 Å². The largest absolute Gasteiger partial charge is 0.382 e. The van der Waals surface area contributed by atoms with E-state index in [2.05, 4.69) is 33.8 Å². The van der Waals surface area contributed by atoms with E-state index in [1.54, 1.807) is 0 Å². The summed E-state index contributed by atoms with van der Waals surface area (Å²) in [6, 6.07) is 0. The maximum Gasteiger partial charge on any atom is 0.191 e. The van der Waals surface area contributed by atoms with Crippen LogP contribution in [0.2, 0.25) is 0 Å². The summed E-state index contributed by atoms with van der Waals surface area (Å²) in [5.74, 6) is 0.907. The number of nitrogens with one attached hydrogen (secondary N) is 2. The van der Waals surface area contributed by atoms with Gasteiger partial charge in [-0.3, -0.25) is 9.67 Å². The van der Waals surface area contributed by atoms with E-state index in [9.17, 15) is 0 Å². The lowest BCUT2D eigenvalue weighted by Crippen LogP contribution is -2.38. The number of hydrogen-bond acceptors (Lipinski definition) is 3. The molecule has 0 spiro atoms. The topological polar surface area (TPSA) is 63.5 Å². The van der Waals surface area contributed by atoms with E-state index in [-0.39, 0.29) is 0 Å². The van der Waals surface area contributed by atoms with Gasteiger partial charge in [-0.05, 0) is 45.1 Å². The highest BCUT2D eigenvalue weighted by Crippen LogP contribution is 2.00. The van der Waals surface area contributed by atoms with Crippen molar-refractivity contribution in [2.24, 2.45) is 12.0 Å². The molecule has 0 aromatic carbocycles. The molecule has 6 heteroatoms. The number of rotatable bonds is 11. The fourth-order valence-electron chi connectivity index (χ4n) is 2.10. The molecule has 0 aliphatic heterocycles. The molecule has 0 bridgehead atoms. The number of guanidine groups is 1.